The maximum Gasteiger partial charge on any atom is 0.532 e. The fourth-order valence-corrected chi connectivity index (χ4v) is 61.8. The SMILES string of the molecule is CCCCCCCS(CCC)(CCC)OP(=O)(F)OS(CCC)(CCC)CCCCCCC.CCCCCCCS(CCC)(CCC)OP(=O)(F)OS(CCC)(CCC)CCCCCCC.CCCCCCCS(CCC)(CCC)OP(=O)(F)OS(CCC)(CCC)CCCCCCC.CCCCCCCS(CCC)(CCC)OP(=O)(F)OS(CCC)(CCC)CCCCCCC. The molecule has 0 radical (unpaired) electrons. The van der Waals surface area contributed by atoms with Gasteiger partial charge in [0, 0.05) is 0 Å². The molecule has 12 nitrogen and oxygen atoms in total. The third-order valence-corrected chi connectivity index (χ3v) is 66.7. The zero-order valence-electron chi connectivity index (χ0n) is 92.0. The molecule has 0 rings (SSSR count). The number of hydrogen-bond donors (Lipinski definition) is 0. The van der Waals surface area contributed by atoms with Gasteiger partial charge in [-0.15, -0.1) is 99.3 Å². The second-order valence-corrected chi connectivity index (χ2v) is 71.7. The second-order valence-electron chi connectivity index (χ2n) is 38.3. The summed E-state index contributed by atoms with van der Waals surface area (Å²) < 4.78 is 165. The van der Waals surface area contributed by atoms with E-state index in [1.54, 1.807) is 0 Å². The van der Waals surface area contributed by atoms with Crippen LogP contribution in [0.15, 0.2) is 0 Å². The van der Waals surface area contributed by atoms with Crippen LogP contribution in [0.5, 0.6) is 0 Å². The number of halogens is 4. The lowest BCUT2D eigenvalue weighted by Gasteiger charge is -2.44. The Morgan fingerprint density at radius 1 is 0.121 bits per heavy atom. The molecule has 0 heterocycles. The van der Waals surface area contributed by atoms with Crippen molar-refractivity contribution in [1.29, 1.82) is 0 Å². The summed E-state index contributed by atoms with van der Waals surface area (Å²) in [6.45, 7) is 51.8. The first-order chi connectivity index (χ1) is 63.1. The van der Waals surface area contributed by atoms with Gasteiger partial charge < -0.3 is 0 Å². The molecule has 0 bridgehead atoms. The Morgan fingerprint density at radius 3 is 0.265 bits per heavy atom. The Morgan fingerprint density at radius 2 is 0.197 bits per heavy atom. The Kier molecular flexibility index (Phi) is 95.7. The van der Waals surface area contributed by atoms with Crippen molar-refractivity contribution in [3.05, 3.63) is 0 Å². The number of unbranched alkanes of at least 4 members (excludes halogenated alkanes) is 32. The number of rotatable bonds is 96. The summed E-state index contributed by atoms with van der Waals surface area (Å²) in [7, 11) is -32.2. The molecule has 0 aliphatic carbocycles. The van der Waals surface area contributed by atoms with Gasteiger partial charge in [-0.25, -0.2) is 50.0 Å². The summed E-state index contributed by atoms with van der Waals surface area (Å²) in [4.78, 5) is 0. The Bertz CT molecular complexity index is 2180. The third-order valence-electron chi connectivity index (χ3n) is 24.2. The average molecular weight is 2130 g/mol. The van der Waals surface area contributed by atoms with Crippen molar-refractivity contribution < 1.29 is 66.8 Å². The molecule has 0 saturated carbocycles. The minimum atomic E-state index is -4.60. The van der Waals surface area contributed by atoms with E-state index in [1.807, 2.05) is 0 Å². The molecule has 28 heteroatoms. The van der Waals surface area contributed by atoms with Crippen molar-refractivity contribution >= 4 is 114 Å². The summed E-state index contributed by atoms with van der Waals surface area (Å²) in [6.07, 6.45) is 61.8. The van der Waals surface area contributed by atoms with Crippen LogP contribution in [0.4, 0.5) is 16.8 Å². The van der Waals surface area contributed by atoms with Gasteiger partial charge >= 0.3 is 31.6 Å². The minimum absolute atomic E-state index is 0.826. The molecule has 0 aliphatic heterocycles. The number of hydrogen-bond acceptors (Lipinski definition) is 12. The van der Waals surface area contributed by atoms with Gasteiger partial charge in [0.25, 0.3) is 0 Å². The van der Waals surface area contributed by atoms with E-state index in [0.29, 0.717) is 0 Å². The van der Waals surface area contributed by atoms with Crippen LogP contribution in [-0.2, 0) is 50.0 Å². The molecule has 0 amide bonds. The highest BCUT2D eigenvalue weighted by molar-refractivity contribution is 8.35. The van der Waals surface area contributed by atoms with Gasteiger partial charge in [-0.3, -0.25) is 0 Å². The van der Waals surface area contributed by atoms with Gasteiger partial charge in [0.2, 0.25) is 0 Å². The molecular formula is C104H232F4O12P4S8. The molecular weight excluding hydrogens is 1900 g/mol. The van der Waals surface area contributed by atoms with Crippen LogP contribution in [0, 0.1) is 0 Å². The average Bonchev–Trinajstić information content (AvgIpc) is 0.819. The van der Waals surface area contributed by atoms with Gasteiger partial charge in [0.05, 0.1) is 0 Å². The van der Waals surface area contributed by atoms with E-state index >= 15 is 16.8 Å². The van der Waals surface area contributed by atoms with Gasteiger partial charge in [0.15, 0.2) is 0 Å². The molecule has 0 spiro atoms. The topological polar surface area (TPSA) is 142 Å². The van der Waals surface area contributed by atoms with Crippen molar-refractivity contribution in [2.24, 2.45) is 0 Å². The van der Waals surface area contributed by atoms with Crippen LogP contribution in [0.25, 0.3) is 0 Å². The highest BCUT2D eigenvalue weighted by Gasteiger charge is 2.47. The summed E-state index contributed by atoms with van der Waals surface area (Å²) in [5, 5.41) is 0. The van der Waals surface area contributed by atoms with Crippen LogP contribution in [0.2, 0.25) is 0 Å². The highest BCUT2D eigenvalue weighted by atomic mass is 32.3. The molecule has 0 aromatic heterocycles. The van der Waals surface area contributed by atoms with Gasteiger partial charge in [-0.2, -0.15) is 0 Å². The van der Waals surface area contributed by atoms with E-state index in [1.165, 1.54) is 154 Å². The molecule has 0 aromatic carbocycles. The minimum Gasteiger partial charge on any atom is -0.233 e. The zero-order valence-corrected chi connectivity index (χ0v) is 102. The largest absolute Gasteiger partial charge is 0.532 e. The van der Waals surface area contributed by atoms with E-state index in [4.69, 9.17) is 31.8 Å². The predicted octanol–water partition coefficient (Wildman–Crippen LogP) is 44.5. The van der Waals surface area contributed by atoms with Crippen molar-refractivity contribution in [3.63, 3.8) is 0 Å². The van der Waals surface area contributed by atoms with Gasteiger partial charge in [-0.05, 0) is 292 Å². The Balaban J connectivity index is -0.000000827. The van der Waals surface area contributed by atoms with Crippen molar-refractivity contribution in [2.75, 3.05) is 138 Å². The first-order valence-corrected chi connectivity index (χ1v) is 78.4. The monoisotopic (exact) mass is 2130 g/mol. The molecule has 0 aliphatic rings. The first-order valence-electron chi connectivity index (χ1n) is 56.1. The maximum absolute atomic E-state index is 15.8. The van der Waals surface area contributed by atoms with Gasteiger partial charge in [-0.1, -0.05) is 372 Å². The van der Waals surface area contributed by atoms with E-state index in [9.17, 15) is 18.3 Å². The van der Waals surface area contributed by atoms with Crippen LogP contribution in [0.3, 0.4) is 0 Å². The Labute approximate surface area is 837 Å². The third kappa shape index (κ3) is 72.4. The lowest BCUT2D eigenvalue weighted by Crippen LogP contribution is -2.19. The molecule has 0 fully saturated rings. The maximum atomic E-state index is 15.8. The van der Waals surface area contributed by atoms with E-state index in [-0.39, 0.29) is 0 Å². The fraction of sp³-hybridized carbons (Fsp3) is 1.00. The standard InChI is InChI=1S/4C26H58FO3PS2/c4*1-7-13-15-17-19-25-32(21-9-3,22-10-4)29-31(27,28)30-33(23-11-5,24-12-6)26-20-18-16-14-8-2/h4*7-26H2,1-6H3. The fourth-order valence-electron chi connectivity index (χ4n) is 18.6. The Hall–Kier alpha value is 3.12. The van der Waals surface area contributed by atoms with Crippen LogP contribution in [0.1, 0.15) is 526 Å². The quantitative estimate of drug-likeness (QED) is 0.0325. The summed E-state index contributed by atoms with van der Waals surface area (Å²) >= 11 is 0. The smallest absolute Gasteiger partial charge is 0.233 e. The molecule has 0 N–H and O–H groups in total. The van der Waals surface area contributed by atoms with Crippen molar-refractivity contribution in [2.45, 2.75) is 526 Å². The van der Waals surface area contributed by atoms with Crippen LogP contribution >= 0.6 is 114 Å². The van der Waals surface area contributed by atoms with Crippen LogP contribution in [-0.4, -0.2) is 138 Å². The van der Waals surface area contributed by atoms with E-state index < -0.39 is 114 Å². The van der Waals surface area contributed by atoms with Crippen LogP contribution < -0.4 is 0 Å². The lowest BCUT2D eigenvalue weighted by molar-refractivity contribution is 0.361. The summed E-state index contributed by atoms with van der Waals surface area (Å²) in [5.74, 6) is 20.1. The molecule has 0 saturated heterocycles. The van der Waals surface area contributed by atoms with Crippen molar-refractivity contribution in [3.8, 4) is 0 Å². The molecule has 132 heavy (non-hydrogen) atoms. The molecule has 816 valence electrons. The van der Waals surface area contributed by atoms with E-state index in [0.717, 1.165) is 344 Å². The molecule has 0 aromatic rings. The zero-order chi connectivity index (χ0) is 100. The van der Waals surface area contributed by atoms with Gasteiger partial charge in [0.1, 0.15) is 0 Å². The summed E-state index contributed by atoms with van der Waals surface area (Å²) in [5.41, 5.74) is 0. The molecule has 0 unspecified atom stereocenters. The normalized spacial score (nSPS) is 14.0. The predicted molar refractivity (Wildman–Crippen MR) is 616 cm³/mol. The first kappa shape index (κ1) is 141. The lowest BCUT2D eigenvalue weighted by atomic mass is 10.2. The molecule has 0 atom stereocenters. The highest BCUT2D eigenvalue weighted by Crippen LogP contribution is 2.78. The second kappa shape index (κ2) is 89.3. The van der Waals surface area contributed by atoms with Crippen molar-refractivity contribution in [1.82, 2.24) is 0 Å². The summed E-state index contributed by atoms with van der Waals surface area (Å²) in [6, 6.07) is 0. The van der Waals surface area contributed by atoms with E-state index in [2.05, 4.69) is 166 Å².